The van der Waals surface area contributed by atoms with Crippen LogP contribution >= 0.6 is 0 Å². The maximum Gasteiger partial charge on any atom is 0.0462 e. The van der Waals surface area contributed by atoms with Gasteiger partial charge in [0.15, 0.2) is 0 Å². The van der Waals surface area contributed by atoms with E-state index >= 15 is 0 Å². The summed E-state index contributed by atoms with van der Waals surface area (Å²) in [6, 6.07) is 60.3. The predicted molar refractivity (Wildman–Crippen MR) is 207 cm³/mol. The third-order valence-corrected chi connectivity index (χ3v) is 11.1. The van der Waals surface area contributed by atoms with E-state index in [1.807, 2.05) is 0 Å². The average Bonchev–Trinajstić information content (AvgIpc) is 3.52. The molecule has 0 radical (unpaired) electrons. The van der Waals surface area contributed by atoms with E-state index in [4.69, 9.17) is 0 Å². The van der Waals surface area contributed by atoms with Gasteiger partial charge in [-0.05, 0) is 109 Å². The summed E-state index contributed by atoms with van der Waals surface area (Å²) in [7, 11) is 0. The molecule has 0 unspecified atom stereocenters. The first kappa shape index (κ1) is 29.5. The monoisotopic (exact) mass is 629 g/mol. The lowest BCUT2D eigenvalue weighted by molar-refractivity contribution is 0.660. The van der Waals surface area contributed by atoms with Gasteiger partial charge in [-0.3, -0.25) is 0 Å². The number of para-hydroxylation sites is 1. The van der Waals surface area contributed by atoms with E-state index in [1.54, 1.807) is 0 Å². The third-order valence-electron chi connectivity index (χ3n) is 11.1. The van der Waals surface area contributed by atoms with E-state index < -0.39 is 0 Å². The van der Waals surface area contributed by atoms with Gasteiger partial charge >= 0.3 is 0 Å². The van der Waals surface area contributed by atoms with Crippen molar-refractivity contribution < 1.29 is 0 Å². The largest absolute Gasteiger partial charge is 0.311 e. The van der Waals surface area contributed by atoms with E-state index in [1.165, 1.54) is 66.8 Å². The molecule has 0 bridgehead atoms. The fourth-order valence-corrected chi connectivity index (χ4v) is 8.61. The molecule has 0 amide bonds. The minimum atomic E-state index is -0.0581. The topological polar surface area (TPSA) is 3.24 Å². The molecule has 236 valence electrons. The van der Waals surface area contributed by atoms with Crippen molar-refractivity contribution in [1.29, 1.82) is 0 Å². The molecule has 1 heteroatoms. The molecule has 0 fully saturated rings. The molecule has 9 rings (SSSR count). The number of anilines is 3. The summed E-state index contributed by atoms with van der Waals surface area (Å²) in [5, 5.41) is 0. The van der Waals surface area contributed by atoms with Gasteiger partial charge in [0.25, 0.3) is 0 Å². The first-order chi connectivity index (χ1) is 23.8. The van der Waals surface area contributed by atoms with Gasteiger partial charge in [0.05, 0.1) is 0 Å². The minimum absolute atomic E-state index is 0.0157. The molecule has 2 aliphatic carbocycles. The number of hydrogen-bond donors (Lipinski definition) is 0. The second-order valence-electron chi connectivity index (χ2n) is 14.6. The van der Waals surface area contributed by atoms with Crippen LogP contribution in [0.5, 0.6) is 0 Å². The van der Waals surface area contributed by atoms with Crippen molar-refractivity contribution in [3.8, 4) is 44.5 Å². The van der Waals surface area contributed by atoms with E-state index in [2.05, 4.69) is 196 Å². The summed E-state index contributed by atoms with van der Waals surface area (Å²) in [6.07, 6.45) is 0. The zero-order valence-electron chi connectivity index (χ0n) is 28.5. The van der Waals surface area contributed by atoms with Crippen molar-refractivity contribution >= 4 is 17.1 Å². The van der Waals surface area contributed by atoms with Crippen molar-refractivity contribution in [1.82, 2.24) is 0 Å². The second-order valence-corrected chi connectivity index (χ2v) is 14.6. The van der Waals surface area contributed by atoms with Gasteiger partial charge in [0.1, 0.15) is 0 Å². The number of benzene rings is 7. The first-order valence-electron chi connectivity index (χ1n) is 17.4. The smallest absolute Gasteiger partial charge is 0.0462 e. The number of rotatable bonds is 5. The fraction of sp³-hybridized carbons (Fsp3) is 0.125. The molecule has 0 atom stereocenters. The van der Waals surface area contributed by atoms with Crippen molar-refractivity contribution in [2.24, 2.45) is 0 Å². The van der Waals surface area contributed by atoms with E-state index in [9.17, 15) is 0 Å². The molecule has 7 aromatic rings. The summed E-state index contributed by atoms with van der Waals surface area (Å²) < 4.78 is 0. The lowest BCUT2D eigenvalue weighted by Crippen LogP contribution is -2.16. The van der Waals surface area contributed by atoms with Gasteiger partial charge in [-0.15, -0.1) is 0 Å². The Labute approximate surface area is 290 Å². The summed E-state index contributed by atoms with van der Waals surface area (Å²) in [5.74, 6) is 0. The minimum Gasteiger partial charge on any atom is -0.311 e. The van der Waals surface area contributed by atoms with Crippen molar-refractivity contribution in [3.63, 3.8) is 0 Å². The molecule has 0 saturated carbocycles. The van der Waals surface area contributed by atoms with Gasteiger partial charge in [-0.2, -0.15) is 0 Å². The molecule has 1 nitrogen and oxygen atoms in total. The van der Waals surface area contributed by atoms with E-state index in [-0.39, 0.29) is 10.8 Å². The van der Waals surface area contributed by atoms with Crippen molar-refractivity contribution in [2.45, 2.75) is 38.5 Å². The standard InChI is InChI=1S/C48H39N/c1-47(2)43-19-10-9-16-40(43)42-31-34(25-30-45(42)47)32-21-26-36(27-22-32)49(35-13-6-5-7-14-35)37-28-23-33(24-29-37)38-17-12-18-41-39-15-8-11-20-44(39)48(3,4)46(38)41/h5-31H,1-4H3. The fourth-order valence-electron chi connectivity index (χ4n) is 8.61. The molecule has 7 aromatic carbocycles. The molecule has 2 aliphatic rings. The highest BCUT2D eigenvalue weighted by Gasteiger charge is 2.37. The summed E-state index contributed by atoms with van der Waals surface area (Å²) in [6.45, 7) is 9.39. The Morgan fingerprint density at radius 3 is 1.47 bits per heavy atom. The van der Waals surface area contributed by atoms with Gasteiger partial charge in [-0.25, -0.2) is 0 Å². The Hall–Kier alpha value is -5.66. The van der Waals surface area contributed by atoms with Gasteiger partial charge in [0.2, 0.25) is 0 Å². The Morgan fingerprint density at radius 2 is 0.796 bits per heavy atom. The average molecular weight is 630 g/mol. The maximum absolute atomic E-state index is 2.38. The van der Waals surface area contributed by atoms with Crippen LogP contribution < -0.4 is 4.90 Å². The molecular formula is C48H39N. The normalized spacial score (nSPS) is 14.4. The van der Waals surface area contributed by atoms with Crippen LogP contribution in [0, 0.1) is 0 Å². The number of hydrogen-bond acceptors (Lipinski definition) is 1. The van der Waals surface area contributed by atoms with Gasteiger partial charge < -0.3 is 4.90 Å². The van der Waals surface area contributed by atoms with Crippen LogP contribution in [0.3, 0.4) is 0 Å². The highest BCUT2D eigenvalue weighted by atomic mass is 15.1. The highest BCUT2D eigenvalue weighted by Crippen LogP contribution is 2.52. The molecule has 0 aromatic heterocycles. The van der Waals surface area contributed by atoms with Crippen LogP contribution in [0.4, 0.5) is 17.1 Å². The van der Waals surface area contributed by atoms with Crippen molar-refractivity contribution in [3.05, 3.63) is 186 Å². The maximum atomic E-state index is 2.38. The molecular weight excluding hydrogens is 591 g/mol. The molecule has 0 spiro atoms. The molecule has 49 heavy (non-hydrogen) atoms. The summed E-state index contributed by atoms with van der Waals surface area (Å²) in [5.41, 5.74) is 19.4. The van der Waals surface area contributed by atoms with E-state index in [0.717, 1.165) is 17.1 Å². The summed E-state index contributed by atoms with van der Waals surface area (Å²) >= 11 is 0. The lowest BCUT2D eigenvalue weighted by Gasteiger charge is -2.27. The Bertz CT molecular complexity index is 2360. The van der Waals surface area contributed by atoms with Gasteiger partial charge in [0, 0.05) is 27.9 Å². The number of nitrogens with zero attached hydrogens (tertiary/aromatic N) is 1. The van der Waals surface area contributed by atoms with Crippen LogP contribution in [0.2, 0.25) is 0 Å². The Balaban J connectivity index is 1.07. The molecule has 0 saturated heterocycles. The predicted octanol–water partition coefficient (Wildman–Crippen LogP) is 13.1. The van der Waals surface area contributed by atoms with Crippen LogP contribution in [0.1, 0.15) is 49.9 Å². The van der Waals surface area contributed by atoms with Crippen LogP contribution in [0.15, 0.2) is 164 Å². The van der Waals surface area contributed by atoms with Crippen LogP contribution in [-0.2, 0) is 10.8 Å². The highest BCUT2D eigenvalue weighted by molar-refractivity contribution is 5.89. The lowest BCUT2D eigenvalue weighted by atomic mass is 9.79. The number of fused-ring (bicyclic) bond motifs is 6. The zero-order chi connectivity index (χ0) is 33.3. The van der Waals surface area contributed by atoms with Crippen LogP contribution in [0.25, 0.3) is 44.5 Å². The first-order valence-corrected chi connectivity index (χ1v) is 17.4. The van der Waals surface area contributed by atoms with E-state index in [0.29, 0.717) is 0 Å². The van der Waals surface area contributed by atoms with Gasteiger partial charge in [-0.1, -0.05) is 149 Å². The Kier molecular flexibility index (Phi) is 6.58. The summed E-state index contributed by atoms with van der Waals surface area (Å²) in [4.78, 5) is 2.35. The molecule has 0 N–H and O–H groups in total. The van der Waals surface area contributed by atoms with Crippen molar-refractivity contribution in [2.75, 3.05) is 4.90 Å². The van der Waals surface area contributed by atoms with Crippen LogP contribution in [-0.4, -0.2) is 0 Å². The third kappa shape index (κ3) is 4.53. The zero-order valence-corrected chi connectivity index (χ0v) is 28.5. The molecule has 0 heterocycles. The SMILES string of the molecule is CC1(C)c2ccccc2-c2cc(-c3ccc(N(c4ccccc4)c4ccc(-c5cccc6c5C(C)(C)c5ccccc5-6)cc4)cc3)ccc21. The quantitative estimate of drug-likeness (QED) is 0.183. The Morgan fingerprint density at radius 1 is 0.327 bits per heavy atom. The second kappa shape index (κ2) is 10.9. The molecule has 0 aliphatic heterocycles.